The zero-order chi connectivity index (χ0) is 24.3. The lowest BCUT2D eigenvalue weighted by molar-refractivity contribution is 0.104. The van der Waals surface area contributed by atoms with Crippen LogP contribution in [-0.2, 0) is 6.61 Å². The van der Waals surface area contributed by atoms with Gasteiger partial charge in [-0.15, -0.1) is 0 Å². The maximum atomic E-state index is 13.8. The first-order valence-electron chi connectivity index (χ1n) is 9.19. The number of aromatic hydroxyl groups is 2. The molecule has 0 aliphatic heterocycles. The zero-order valence-electron chi connectivity index (χ0n) is 16.8. The summed E-state index contributed by atoms with van der Waals surface area (Å²) in [5, 5.41) is 19.1. The molecule has 0 heterocycles. The minimum absolute atomic E-state index is 0.0626. The Morgan fingerprint density at radius 3 is 2.15 bits per heavy atom. The number of phenols is 2. The maximum Gasteiger partial charge on any atom is 0.207 e. The number of carbonyl (C=O) groups excluding carboxylic acids is 1. The second-order valence-corrected chi connectivity index (χ2v) is 6.66. The van der Waals surface area contributed by atoms with Gasteiger partial charge < -0.3 is 19.7 Å². The highest BCUT2D eigenvalue weighted by Crippen LogP contribution is 2.31. The Kier molecular flexibility index (Phi) is 6.86. The van der Waals surface area contributed by atoms with E-state index in [1.165, 1.54) is 43.5 Å². The molecule has 0 bridgehead atoms. The lowest BCUT2D eigenvalue weighted by Crippen LogP contribution is -2.07. The van der Waals surface area contributed by atoms with E-state index in [1.54, 1.807) is 0 Å². The van der Waals surface area contributed by atoms with E-state index in [0.29, 0.717) is 5.56 Å². The highest BCUT2D eigenvalue weighted by molar-refractivity contribution is 6.08. The van der Waals surface area contributed by atoms with Gasteiger partial charge in [-0.1, -0.05) is 12.1 Å². The van der Waals surface area contributed by atoms with Crippen molar-refractivity contribution in [2.24, 2.45) is 0 Å². The first-order valence-corrected chi connectivity index (χ1v) is 9.19. The fourth-order valence-corrected chi connectivity index (χ4v) is 2.87. The molecular formula is C23H15F5O5. The molecule has 5 nitrogen and oxygen atoms in total. The van der Waals surface area contributed by atoms with Gasteiger partial charge in [0.2, 0.25) is 29.1 Å². The van der Waals surface area contributed by atoms with E-state index in [-0.39, 0.29) is 22.6 Å². The fraction of sp³-hybridized carbons (Fsp3) is 0.0870. The number of halogens is 5. The number of rotatable bonds is 7. The van der Waals surface area contributed by atoms with Crippen LogP contribution in [0, 0.1) is 29.1 Å². The van der Waals surface area contributed by atoms with Crippen LogP contribution in [0.1, 0.15) is 21.5 Å². The van der Waals surface area contributed by atoms with Gasteiger partial charge in [0.05, 0.1) is 12.7 Å². The average molecular weight is 466 g/mol. The predicted octanol–water partition coefficient (Wildman–Crippen LogP) is 5.28. The molecule has 0 atom stereocenters. The molecule has 2 N–H and O–H groups in total. The van der Waals surface area contributed by atoms with E-state index in [0.717, 1.165) is 12.1 Å². The number of hydrogen-bond acceptors (Lipinski definition) is 5. The van der Waals surface area contributed by atoms with Crippen molar-refractivity contribution in [1.29, 1.82) is 0 Å². The molecule has 172 valence electrons. The summed E-state index contributed by atoms with van der Waals surface area (Å²) < 4.78 is 77.6. The van der Waals surface area contributed by atoms with Crippen molar-refractivity contribution in [1.82, 2.24) is 0 Å². The number of ether oxygens (including phenoxy) is 2. The van der Waals surface area contributed by atoms with Gasteiger partial charge in [-0.3, -0.25) is 4.79 Å². The summed E-state index contributed by atoms with van der Waals surface area (Å²) in [5.74, 6) is -13.3. The lowest BCUT2D eigenvalue weighted by atomic mass is 10.1. The van der Waals surface area contributed by atoms with Crippen LogP contribution < -0.4 is 9.47 Å². The van der Waals surface area contributed by atoms with Crippen LogP contribution in [0.2, 0.25) is 0 Å². The van der Waals surface area contributed by atoms with E-state index in [2.05, 4.69) is 0 Å². The van der Waals surface area contributed by atoms with Crippen LogP contribution in [0.3, 0.4) is 0 Å². The van der Waals surface area contributed by atoms with Gasteiger partial charge >= 0.3 is 0 Å². The lowest BCUT2D eigenvalue weighted by Gasteiger charge is -2.13. The highest BCUT2D eigenvalue weighted by atomic mass is 19.2. The number of phenolic OH excluding ortho intramolecular Hbond substituents is 2. The SMILES string of the molecule is COc1ccc(/C=C/C(=O)c2ccc(O)cc2O)cc1COc1c(F)c(F)c(F)c(F)c1F. The Morgan fingerprint density at radius 2 is 1.55 bits per heavy atom. The van der Waals surface area contributed by atoms with Crippen molar-refractivity contribution in [3.05, 3.63) is 88.3 Å². The molecule has 3 rings (SSSR count). The molecule has 0 saturated carbocycles. The van der Waals surface area contributed by atoms with Gasteiger partial charge in [0, 0.05) is 11.6 Å². The summed E-state index contributed by atoms with van der Waals surface area (Å²) in [6, 6.07) is 7.84. The van der Waals surface area contributed by atoms with Crippen LogP contribution >= 0.6 is 0 Å². The van der Waals surface area contributed by atoms with Crippen LogP contribution in [0.25, 0.3) is 6.08 Å². The minimum Gasteiger partial charge on any atom is -0.508 e. The number of allylic oxidation sites excluding steroid dienone is 1. The molecule has 3 aromatic rings. The summed E-state index contributed by atoms with van der Waals surface area (Å²) in [4.78, 5) is 12.3. The topological polar surface area (TPSA) is 76.0 Å². The van der Waals surface area contributed by atoms with Gasteiger partial charge in [0.25, 0.3) is 0 Å². The molecule has 0 spiro atoms. The standard InChI is InChI=1S/C23H15F5O5/c1-32-17-7-3-11(2-6-15(30)14-5-4-13(29)9-16(14)31)8-12(17)10-33-23-21(27)19(25)18(24)20(26)22(23)28/h2-9,29,31H,10H2,1H3/b6-2+. The summed E-state index contributed by atoms with van der Waals surface area (Å²) >= 11 is 0. The van der Waals surface area contributed by atoms with Crippen LogP contribution in [-0.4, -0.2) is 23.1 Å². The number of ketones is 1. The third kappa shape index (κ3) is 4.89. The third-order valence-corrected chi connectivity index (χ3v) is 4.52. The first kappa shape index (κ1) is 23.6. The normalized spacial score (nSPS) is 11.1. The van der Waals surface area contributed by atoms with Gasteiger partial charge in [0.1, 0.15) is 23.9 Å². The Labute approximate surface area is 183 Å². The van der Waals surface area contributed by atoms with Crippen molar-refractivity contribution < 1.29 is 46.4 Å². The Bertz CT molecular complexity index is 1230. The van der Waals surface area contributed by atoms with Gasteiger partial charge in [-0.2, -0.15) is 8.78 Å². The molecular weight excluding hydrogens is 451 g/mol. The predicted molar refractivity (Wildman–Crippen MR) is 107 cm³/mol. The number of carbonyl (C=O) groups is 1. The molecule has 0 fully saturated rings. The molecule has 3 aromatic carbocycles. The van der Waals surface area contributed by atoms with E-state index in [4.69, 9.17) is 9.47 Å². The van der Waals surface area contributed by atoms with Crippen molar-refractivity contribution in [3.63, 3.8) is 0 Å². The number of methoxy groups -OCH3 is 1. The van der Waals surface area contributed by atoms with E-state index in [1.807, 2.05) is 0 Å². The molecule has 0 amide bonds. The molecule has 0 unspecified atom stereocenters. The van der Waals surface area contributed by atoms with Crippen molar-refractivity contribution in [3.8, 4) is 23.0 Å². The maximum absolute atomic E-state index is 13.8. The van der Waals surface area contributed by atoms with Crippen LogP contribution in [0.15, 0.2) is 42.5 Å². The molecule has 10 heteroatoms. The van der Waals surface area contributed by atoms with Crippen LogP contribution in [0.4, 0.5) is 22.0 Å². The molecule has 0 saturated heterocycles. The second-order valence-electron chi connectivity index (χ2n) is 6.66. The van der Waals surface area contributed by atoms with Gasteiger partial charge in [0.15, 0.2) is 11.5 Å². The number of hydrogen-bond donors (Lipinski definition) is 2. The molecule has 0 aromatic heterocycles. The van der Waals surface area contributed by atoms with E-state index in [9.17, 15) is 37.0 Å². The summed E-state index contributed by atoms with van der Waals surface area (Å²) in [6.07, 6.45) is 2.48. The van der Waals surface area contributed by atoms with E-state index < -0.39 is 53.0 Å². The first-order chi connectivity index (χ1) is 15.6. The molecule has 0 aliphatic rings. The minimum atomic E-state index is -2.30. The summed E-state index contributed by atoms with van der Waals surface area (Å²) in [5.41, 5.74) is 0.523. The van der Waals surface area contributed by atoms with Crippen LogP contribution in [0.5, 0.6) is 23.0 Å². The number of benzene rings is 3. The van der Waals surface area contributed by atoms with E-state index >= 15 is 0 Å². The smallest absolute Gasteiger partial charge is 0.207 e. The Balaban J connectivity index is 1.85. The Morgan fingerprint density at radius 1 is 0.909 bits per heavy atom. The molecule has 0 aliphatic carbocycles. The van der Waals surface area contributed by atoms with Gasteiger partial charge in [-0.25, -0.2) is 13.2 Å². The largest absolute Gasteiger partial charge is 0.508 e. The van der Waals surface area contributed by atoms with Crippen molar-refractivity contribution in [2.45, 2.75) is 6.61 Å². The monoisotopic (exact) mass is 466 g/mol. The zero-order valence-corrected chi connectivity index (χ0v) is 16.8. The van der Waals surface area contributed by atoms with Gasteiger partial charge in [-0.05, 0) is 35.9 Å². The fourth-order valence-electron chi connectivity index (χ4n) is 2.87. The summed E-state index contributed by atoms with van der Waals surface area (Å²) in [7, 11) is 1.30. The Hall–Kier alpha value is -4.08. The molecule has 33 heavy (non-hydrogen) atoms. The highest BCUT2D eigenvalue weighted by Gasteiger charge is 2.27. The van der Waals surface area contributed by atoms with Crippen molar-refractivity contribution in [2.75, 3.05) is 7.11 Å². The summed E-state index contributed by atoms with van der Waals surface area (Å²) in [6.45, 7) is -0.615. The second kappa shape index (κ2) is 9.60. The average Bonchev–Trinajstić information content (AvgIpc) is 2.80. The third-order valence-electron chi connectivity index (χ3n) is 4.52. The molecule has 0 radical (unpaired) electrons. The van der Waals surface area contributed by atoms with Crippen molar-refractivity contribution >= 4 is 11.9 Å². The quantitative estimate of drug-likeness (QED) is 0.163.